The average Bonchev–Trinajstić information content (AvgIpc) is 2.78. The van der Waals surface area contributed by atoms with E-state index in [2.05, 4.69) is 17.2 Å². The van der Waals surface area contributed by atoms with Crippen molar-refractivity contribution in [2.45, 2.75) is 37.5 Å². The van der Waals surface area contributed by atoms with Crippen LogP contribution in [0, 0.1) is 5.95 Å². The number of pyridine rings is 1. The van der Waals surface area contributed by atoms with Crippen LogP contribution in [0.3, 0.4) is 0 Å². The highest BCUT2D eigenvalue weighted by Crippen LogP contribution is 2.29. The molecule has 3 nitrogen and oxygen atoms in total. The van der Waals surface area contributed by atoms with Gasteiger partial charge in [-0.3, -0.25) is 4.79 Å². The van der Waals surface area contributed by atoms with Gasteiger partial charge in [-0.1, -0.05) is 6.92 Å². The normalized spacial score (nSPS) is 23.0. The second-order valence-corrected chi connectivity index (χ2v) is 6.01. The molecular formula is C13H17FN2OS. The van der Waals surface area contributed by atoms with E-state index in [1.165, 1.54) is 18.3 Å². The van der Waals surface area contributed by atoms with E-state index in [4.69, 9.17) is 0 Å². The van der Waals surface area contributed by atoms with E-state index in [9.17, 15) is 9.18 Å². The molecule has 1 saturated carbocycles. The summed E-state index contributed by atoms with van der Waals surface area (Å²) in [5.74, 6) is 0.397. The highest BCUT2D eigenvalue weighted by molar-refractivity contribution is 7.99. The fourth-order valence-corrected chi connectivity index (χ4v) is 3.38. The monoisotopic (exact) mass is 268 g/mol. The van der Waals surface area contributed by atoms with Crippen molar-refractivity contribution in [2.24, 2.45) is 0 Å². The van der Waals surface area contributed by atoms with Crippen molar-refractivity contribution in [1.82, 2.24) is 10.3 Å². The zero-order chi connectivity index (χ0) is 13.0. The molecule has 0 spiro atoms. The predicted octanol–water partition coefficient (Wildman–Crippen LogP) is 2.62. The first-order valence-electron chi connectivity index (χ1n) is 6.23. The van der Waals surface area contributed by atoms with Crippen LogP contribution in [0.15, 0.2) is 18.3 Å². The molecule has 0 saturated heterocycles. The van der Waals surface area contributed by atoms with Gasteiger partial charge < -0.3 is 5.32 Å². The first kappa shape index (κ1) is 13.3. The third-order valence-corrected chi connectivity index (χ3v) is 4.34. The molecule has 0 unspecified atom stereocenters. The number of halogens is 1. The summed E-state index contributed by atoms with van der Waals surface area (Å²) in [6.45, 7) is 2.15. The number of hydrogen-bond donors (Lipinski definition) is 1. The van der Waals surface area contributed by atoms with Crippen molar-refractivity contribution < 1.29 is 9.18 Å². The largest absolute Gasteiger partial charge is 0.349 e. The summed E-state index contributed by atoms with van der Waals surface area (Å²) >= 11 is 1.95. The van der Waals surface area contributed by atoms with E-state index in [1.807, 2.05) is 11.8 Å². The summed E-state index contributed by atoms with van der Waals surface area (Å²) in [4.78, 5) is 15.4. The minimum atomic E-state index is -0.563. The van der Waals surface area contributed by atoms with Crippen LogP contribution < -0.4 is 5.32 Å². The van der Waals surface area contributed by atoms with Crippen LogP contribution in [-0.2, 0) is 0 Å². The van der Waals surface area contributed by atoms with Gasteiger partial charge in [0.05, 0.1) is 5.56 Å². The van der Waals surface area contributed by atoms with Gasteiger partial charge in [-0.05, 0) is 37.1 Å². The molecule has 2 rings (SSSR count). The van der Waals surface area contributed by atoms with Crippen LogP contribution in [0.5, 0.6) is 0 Å². The van der Waals surface area contributed by atoms with Crippen molar-refractivity contribution >= 4 is 17.7 Å². The Morgan fingerprint density at radius 3 is 3.06 bits per heavy atom. The second kappa shape index (κ2) is 6.18. The Labute approximate surface area is 111 Å². The fraction of sp³-hybridized carbons (Fsp3) is 0.538. The van der Waals surface area contributed by atoms with Crippen molar-refractivity contribution in [3.05, 3.63) is 29.8 Å². The molecule has 1 aliphatic rings. The lowest BCUT2D eigenvalue weighted by molar-refractivity contribution is 0.0937. The molecule has 1 aromatic heterocycles. The van der Waals surface area contributed by atoms with Gasteiger partial charge in [-0.15, -0.1) is 0 Å². The number of carbonyl (C=O) groups is 1. The Morgan fingerprint density at radius 2 is 2.39 bits per heavy atom. The number of nitrogens with one attached hydrogen (secondary N) is 1. The van der Waals surface area contributed by atoms with Crippen molar-refractivity contribution in [1.29, 1.82) is 0 Å². The van der Waals surface area contributed by atoms with Crippen LogP contribution in [0.2, 0.25) is 0 Å². The van der Waals surface area contributed by atoms with Gasteiger partial charge in [-0.25, -0.2) is 4.98 Å². The van der Waals surface area contributed by atoms with E-state index in [0.29, 0.717) is 10.8 Å². The fourth-order valence-electron chi connectivity index (χ4n) is 2.24. The van der Waals surface area contributed by atoms with Gasteiger partial charge in [0.2, 0.25) is 5.95 Å². The second-order valence-electron chi connectivity index (χ2n) is 4.43. The molecule has 1 aliphatic carbocycles. The molecule has 0 bridgehead atoms. The topological polar surface area (TPSA) is 42.0 Å². The molecule has 98 valence electrons. The Balaban J connectivity index is 1.87. The average molecular weight is 268 g/mol. The van der Waals surface area contributed by atoms with Crippen LogP contribution in [0.1, 0.15) is 36.5 Å². The molecule has 18 heavy (non-hydrogen) atoms. The third-order valence-electron chi connectivity index (χ3n) is 3.11. The Kier molecular flexibility index (Phi) is 4.58. The first-order valence-corrected chi connectivity index (χ1v) is 7.28. The molecule has 0 radical (unpaired) electrons. The maximum absolute atomic E-state index is 12.6. The predicted molar refractivity (Wildman–Crippen MR) is 71.2 cm³/mol. The lowest BCUT2D eigenvalue weighted by Gasteiger charge is -2.12. The number of hydrogen-bond acceptors (Lipinski definition) is 3. The van der Waals surface area contributed by atoms with Crippen molar-refractivity contribution in [3.8, 4) is 0 Å². The van der Waals surface area contributed by atoms with Gasteiger partial charge in [0.1, 0.15) is 0 Å². The lowest BCUT2D eigenvalue weighted by atomic mass is 10.2. The zero-order valence-corrected chi connectivity index (χ0v) is 11.2. The molecule has 2 atom stereocenters. The van der Waals surface area contributed by atoms with E-state index >= 15 is 0 Å². The Hall–Kier alpha value is -1.10. The number of rotatable bonds is 4. The third kappa shape index (κ3) is 3.45. The molecule has 1 amide bonds. The highest BCUT2D eigenvalue weighted by atomic mass is 32.2. The van der Waals surface area contributed by atoms with Gasteiger partial charge >= 0.3 is 0 Å². The van der Waals surface area contributed by atoms with E-state index in [-0.39, 0.29) is 11.9 Å². The number of carbonyl (C=O) groups excluding carboxylic acids is 1. The summed E-state index contributed by atoms with van der Waals surface area (Å²) in [6, 6.07) is 2.91. The Bertz CT molecular complexity index is 410. The minimum absolute atomic E-state index is 0.158. The molecule has 0 aliphatic heterocycles. The van der Waals surface area contributed by atoms with Crippen molar-refractivity contribution in [2.75, 3.05) is 5.75 Å². The van der Waals surface area contributed by atoms with Gasteiger partial charge in [0.15, 0.2) is 0 Å². The summed E-state index contributed by atoms with van der Waals surface area (Å²) in [5.41, 5.74) is 0.419. The van der Waals surface area contributed by atoms with E-state index in [0.717, 1.165) is 25.0 Å². The van der Waals surface area contributed by atoms with E-state index in [1.54, 1.807) is 0 Å². The first-order chi connectivity index (χ1) is 8.69. The van der Waals surface area contributed by atoms with Crippen LogP contribution >= 0.6 is 11.8 Å². The van der Waals surface area contributed by atoms with Crippen LogP contribution in [0.25, 0.3) is 0 Å². The van der Waals surface area contributed by atoms with Crippen molar-refractivity contribution in [3.63, 3.8) is 0 Å². The summed E-state index contributed by atoms with van der Waals surface area (Å²) < 4.78 is 12.6. The van der Waals surface area contributed by atoms with Gasteiger partial charge in [0.25, 0.3) is 5.91 Å². The summed E-state index contributed by atoms with van der Waals surface area (Å²) in [5, 5.41) is 3.65. The number of aromatic nitrogens is 1. The van der Waals surface area contributed by atoms with Gasteiger partial charge in [-0.2, -0.15) is 16.2 Å². The SMILES string of the molecule is CCS[C@@H]1CC[C@@H](NC(=O)c2ccc(F)nc2)C1. The number of amides is 1. The summed E-state index contributed by atoms with van der Waals surface area (Å²) in [7, 11) is 0. The Morgan fingerprint density at radius 1 is 1.56 bits per heavy atom. The molecule has 0 aromatic carbocycles. The molecule has 1 N–H and O–H groups in total. The molecule has 5 heteroatoms. The number of nitrogens with zero attached hydrogens (tertiary/aromatic N) is 1. The minimum Gasteiger partial charge on any atom is -0.349 e. The number of thioether (sulfide) groups is 1. The highest BCUT2D eigenvalue weighted by Gasteiger charge is 2.25. The quantitative estimate of drug-likeness (QED) is 0.854. The molecular weight excluding hydrogens is 251 g/mol. The molecule has 1 aromatic rings. The maximum Gasteiger partial charge on any atom is 0.253 e. The smallest absolute Gasteiger partial charge is 0.253 e. The van der Waals surface area contributed by atoms with Crippen LogP contribution in [-0.4, -0.2) is 27.9 Å². The molecule has 1 fully saturated rings. The zero-order valence-electron chi connectivity index (χ0n) is 10.4. The van der Waals surface area contributed by atoms with Crippen LogP contribution in [0.4, 0.5) is 4.39 Å². The molecule has 1 heterocycles. The lowest BCUT2D eigenvalue weighted by Crippen LogP contribution is -2.33. The van der Waals surface area contributed by atoms with Gasteiger partial charge in [0, 0.05) is 17.5 Å². The van der Waals surface area contributed by atoms with E-state index < -0.39 is 5.95 Å². The maximum atomic E-state index is 12.6. The standard InChI is InChI=1S/C13H17FN2OS/c1-2-18-11-5-4-10(7-11)16-13(17)9-3-6-12(14)15-8-9/h3,6,8,10-11H,2,4-5,7H2,1H3,(H,16,17)/t10-,11-/m1/s1. The summed E-state index contributed by atoms with van der Waals surface area (Å²) in [6.07, 6.45) is 4.49.